The van der Waals surface area contributed by atoms with Gasteiger partial charge in [0.05, 0.1) is 17.3 Å². The van der Waals surface area contributed by atoms with Crippen molar-refractivity contribution in [2.75, 3.05) is 42.7 Å². The first kappa shape index (κ1) is 25.7. The lowest BCUT2D eigenvalue weighted by Crippen LogP contribution is -2.46. The van der Waals surface area contributed by atoms with Gasteiger partial charge in [0.2, 0.25) is 0 Å². The molecular formula is C22H22F4N6O3. The molecule has 35 heavy (non-hydrogen) atoms. The van der Waals surface area contributed by atoms with E-state index in [-0.39, 0.29) is 23.0 Å². The largest absolute Gasteiger partial charge is 0.493 e. The molecule has 1 aliphatic rings. The van der Waals surface area contributed by atoms with Crippen molar-refractivity contribution in [2.45, 2.75) is 19.6 Å². The maximum Gasteiger partial charge on any atom is 0.493 e. The standard InChI is InChI=1S/C22H22F4N6O3/c1-2-28-21(34)32(35-20(33)22(24,25)26)19-12-16(5-6-29-19)14-30-7-9-31(10-8-30)18-4-3-15(13-27)11-17(18)23/h3-6,11-12H,2,7-10,14H2,1H3,(H,28,34). The van der Waals surface area contributed by atoms with Gasteiger partial charge in [-0.15, -0.1) is 5.06 Å². The molecule has 0 bridgehead atoms. The number of carbonyl (C=O) groups is 2. The van der Waals surface area contributed by atoms with Crippen LogP contribution >= 0.6 is 0 Å². The molecule has 1 aromatic carbocycles. The molecule has 2 amide bonds. The number of alkyl halides is 3. The molecule has 186 valence electrons. The van der Waals surface area contributed by atoms with E-state index in [1.165, 1.54) is 18.3 Å². The van der Waals surface area contributed by atoms with E-state index in [1.807, 2.05) is 15.9 Å². The van der Waals surface area contributed by atoms with Crippen LogP contribution in [0.4, 0.5) is 33.9 Å². The van der Waals surface area contributed by atoms with Gasteiger partial charge in [0.25, 0.3) is 0 Å². The number of hydrogen-bond acceptors (Lipinski definition) is 7. The van der Waals surface area contributed by atoms with Crippen LogP contribution in [0.5, 0.6) is 0 Å². The molecule has 13 heteroatoms. The number of carbonyl (C=O) groups excluding carboxylic acids is 2. The molecule has 0 unspecified atom stereocenters. The van der Waals surface area contributed by atoms with Crippen LogP contribution in [0.15, 0.2) is 36.5 Å². The third kappa shape index (κ3) is 6.57. The van der Waals surface area contributed by atoms with Gasteiger partial charge in [-0.3, -0.25) is 4.90 Å². The summed E-state index contributed by atoms with van der Waals surface area (Å²) in [7, 11) is 0. The Morgan fingerprint density at radius 1 is 1.20 bits per heavy atom. The summed E-state index contributed by atoms with van der Waals surface area (Å²) in [6, 6.07) is 8.10. The Kier molecular flexibility index (Phi) is 8.08. The van der Waals surface area contributed by atoms with Crippen LogP contribution in [-0.2, 0) is 16.2 Å². The van der Waals surface area contributed by atoms with E-state index in [0.29, 0.717) is 44.0 Å². The summed E-state index contributed by atoms with van der Waals surface area (Å²) in [5.41, 5.74) is 1.25. The molecule has 1 aliphatic heterocycles. The molecule has 1 N–H and O–H groups in total. The zero-order chi connectivity index (χ0) is 25.6. The second kappa shape index (κ2) is 11.0. The van der Waals surface area contributed by atoms with E-state index < -0.39 is 24.0 Å². The van der Waals surface area contributed by atoms with E-state index in [1.54, 1.807) is 25.1 Å². The average Bonchev–Trinajstić information content (AvgIpc) is 2.82. The first-order valence-electron chi connectivity index (χ1n) is 10.6. The molecule has 1 saturated heterocycles. The molecule has 0 saturated carbocycles. The summed E-state index contributed by atoms with van der Waals surface area (Å²) < 4.78 is 52.3. The molecule has 2 heterocycles. The van der Waals surface area contributed by atoms with E-state index in [9.17, 15) is 27.2 Å². The lowest BCUT2D eigenvalue weighted by Gasteiger charge is -2.36. The average molecular weight is 494 g/mol. The van der Waals surface area contributed by atoms with Crippen molar-refractivity contribution in [3.63, 3.8) is 0 Å². The monoisotopic (exact) mass is 494 g/mol. The Hall–Kier alpha value is -3.92. The number of amides is 2. The van der Waals surface area contributed by atoms with Crippen LogP contribution in [0.3, 0.4) is 0 Å². The lowest BCUT2D eigenvalue weighted by atomic mass is 10.1. The molecule has 0 radical (unpaired) electrons. The van der Waals surface area contributed by atoms with Crippen molar-refractivity contribution in [1.29, 1.82) is 5.26 Å². The molecule has 0 atom stereocenters. The molecule has 0 aliphatic carbocycles. The van der Waals surface area contributed by atoms with E-state index in [4.69, 9.17) is 5.26 Å². The van der Waals surface area contributed by atoms with Crippen LogP contribution in [0.25, 0.3) is 0 Å². The number of aromatic nitrogens is 1. The van der Waals surface area contributed by atoms with E-state index in [2.05, 4.69) is 15.1 Å². The molecule has 3 rings (SSSR count). The number of piperazine rings is 1. The lowest BCUT2D eigenvalue weighted by molar-refractivity contribution is -0.199. The summed E-state index contributed by atoms with van der Waals surface area (Å²) in [5.74, 6) is -3.32. The van der Waals surface area contributed by atoms with Crippen molar-refractivity contribution in [3.05, 3.63) is 53.5 Å². The topological polar surface area (TPSA) is 102 Å². The Labute approximate surface area is 198 Å². The summed E-state index contributed by atoms with van der Waals surface area (Å²) in [6.45, 7) is 4.14. The Morgan fingerprint density at radius 3 is 2.51 bits per heavy atom. The first-order valence-corrected chi connectivity index (χ1v) is 10.6. The van der Waals surface area contributed by atoms with E-state index in [0.717, 1.165) is 0 Å². The SMILES string of the molecule is CCNC(=O)N(OC(=O)C(F)(F)F)c1cc(CN2CCN(c3ccc(C#N)cc3F)CC2)ccn1. The molecule has 2 aromatic rings. The number of hydrogen-bond donors (Lipinski definition) is 1. The Balaban J connectivity index is 1.68. The van der Waals surface area contributed by atoms with Gasteiger partial charge in [0, 0.05) is 45.5 Å². The Bertz CT molecular complexity index is 1110. The fraction of sp³-hybridized carbons (Fsp3) is 0.364. The minimum atomic E-state index is -5.30. The third-order valence-electron chi connectivity index (χ3n) is 5.13. The molecule has 9 nitrogen and oxygen atoms in total. The highest BCUT2D eigenvalue weighted by atomic mass is 19.4. The molecular weight excluding hydrogens is 472 g/mol. The summed E-state index contributed by atoms with van der Waals surface area (Å²) >= 11 is 0. The third-order valence-corrected chi connectivity index (χ3v) is 5.13. The van der Waals surface area contributed by atoms with Gasteiger partial charge in [-0.05, 0) is 42.8 Å². The van der Waals surface area contributed by atoms with Gasteiger partial charge in [-0.25, -0.2) is 19.0 Å². The van der Waals surface area contributed by atoms with Gasteiger partial charge in [-0.1, -0.05) is 0 Å². The fourth-order valence-corrected chi connectivity index (χ4v) is 3.46. The van der Waals surface area contributed by atoms with Crippen molar-refractivity contribution in [2.24, 2.45) is 0 Å². The maximum atomic E-state index is 14.3. The predicted molar refractivity (Wildman–Crippen MR) is 117 cm³/mol. The number of urea groups is 1. The second-order valence-electron chi connectivity index (χ2n) is 7.57. The number of pyridine rings is 1. The summed E-state index contributed by atoms with van der Waals surface area (Å²) in [6.07, 6.45) is -4.00. The highest BCUT2D eigenvalue weighted by Gasteiger charge is 2.44. The van der Waals surface area contributed by atoms with E-state index >= 15 is 0 Å². The first-order chi connectivity index (χ1) is 16.6. The quantitative estimate of drug-likeness (QED) is 0.504. The van der Waals surface area contributed by atoms with Crippen molar-refractivity contribution in [3.8, 4) is 6.07 Å². The number of rotatable bonds is 5. The van der Waals surface area contributed by atoms with Crippen LogP contribution in [0.1, 0.15) is 18.1 Å². The zero-order valence-electron chi connectivity index (χ0n) is 18.7. The number of hydroxylamine groups is 1. The van der Waals surface area contributed by atoms with Crippen LogP contribution < -0.4 is 15.3 Å². The van der Waals surface area contributed by atoms with Crippen LogP contribution in [0.2, 0.25) is 0 Å². The molecule has 0 spiro atoms. The van der Waals surface area contributed by atoms with Crippen molar-refractivity contribution >= 4 is 23.5 Å². The fourth-order valence-electron chi connectivity index (χ4n) is 3.46. The minimum absolute atomic E-state index is 0.0860. The zero-order valence-corrected chi connectivity index (χ0v) is 18.7. The molecule has 1 aromatic heterocycles. The number of nitriles is 1. The smallest absolute Gasteiger partial charge is 0.367 e. The van der Waals surface area contributed by atoms with Crippen LogP contribution in [0, 0.1) is 17.1 Å². The van der Waals surface area contributed by atoms with Crippen LogP contribution in [-0.4, -0.2) is 60.8 Å². The summed E-state index contributed by atoms with van der Waals surface area (Å²) in [5, 5.41) is 11.3. The summed E-state index contributed by atoms with van der Waals surface area (Å²) in [4.78, 5) is 35.6. The van der Waals surface area contributed by atoms with Gasteiger partial charge in [0.15, 0.2) is 5.82 Å². The number of benzene rings is 1. The highest BCUT2D eigenvalue weighted by molar-refractivity contribution is 5.91. The van der Waals surface area contributed by atoms with Gasteiger partial charge in [0.1, 0.15) is 5.82 Å². The van der Waals surface area contributed by atoms with Gasteiger partial charge in [-0.2, -0.15) is 18.4 Å². The maximum absolute atomic E-state index is 14.3. The Morgan fingerprint density at radius 2 is 1.91 bits per heavy atom. The van der Waals surface area contributed by atoms with Gasteiger partial charge >= 0.3 is 18.2 Å². The number of nitrogens with one attached hydrogen (secondary N) is 1. The molecule has 1 fully saturated rings. The normalized spacial score (nSPS) is 14.2. The van der Waals surface area contributed by atoms with Crippen molar-refractivity contribution < 1.29 is 32.0 Å². The predicted octanol–water partition coefficient (Wildman–Crippen LogP) is 2.97. The number of nitrogens with zero attached hydrogens (tertiary/aromatic N) is 5. The number of halogens is 4. The van der Waals surface area contributed by atoms with Crippen molar-refractivity contribution in [1.82, 2.24) is 15.2 Å². The highest BCUT2D eigenvalue weighted by Crippen LogP contribution is 2.24. The number of anilines is 2. The second-order valence-corrected chi connectivity index (χ2v) is 7.57. The van der Waals surface area contributed by atoms with Gasteiger partial charge < -0.3 is 15.1 Å². The minimum Gasteiger partial charge on any atom is -0.367 e.